The van der Waals surface area contributed by atoms with Crippen molar-refractivity contribution in [2.45, 2.75) is 70.2 Å². The Labute approximate surface area is 208 Å². The van der Waals surface area contributed by atoms with Crippen molar-refractivity contribution in [2.75, 3.05) is 10.2 Å². The van der Waals surface area contributed by atoms with Crippen molar-refractivity contribution in [3.63, 3.8) is 0 Å². The van der Waals surface area contributed by atoms with E-state index in [1.165, 1.54) is 0 Å². The molecule has 2 saturated carbocycles. The summed E-state index contributed by atoms with van der Waals surface area (Å²) in [5.41, 5.74) is 1.38. The Kier molecular flexibility index (Phi) is 5.03. The maximum atomic E-state index is 12.8. The SMILES string of the molecule is Cc1nc(NC2(c3cn(Cc4ccc(Cl)cc4)cn3)CC2)nc(N2C(=O)OC3(CC3)C2C(C)C)n1. The number of carbonyl (C=O) groups excluding carboxylic acids is 1. The summed E-state index contributed by atoms with van der Waals surface area (Å²) in [7, 11) is 0. The van der Waals surface area contributed by atoms with Crippen molar-refractivity contribution >= 4 is 29.6 Å². The summed E-state index contributed by atoms with van der Waals surface area (Å²) in [4.78, 5) is 32.8. The second-order valence-electron chi connectivity index (χ2n) is 10.3. The van der Waals surface area contributed by atoms with Crippen molar-refractivity contribution in [3.05, 3.63) is 58.9 Å². The van der Waals surface area contributed by atoms with E-state index in [-0.39, 0.29) is 23.6 Å². The lowest BCUT2D eigenvalue weighted by atomic mass is 9.96. The molecule has 9 nitrogen and oxygen atoms in total. The lowest BCUT2D eigenvalue weighted by Gasteiger charge is -2.26. The normalized spacial score (nSPS) is 21.5. The predicted octanol–water partition coefficient (Wildman–Crippen LogP) is 4.69. The molecule has 10 heteroatoms. The van der Waals surface area contributed by atoms with E-state index in [2.05, 4.69) is 49.9 Å². The number of benzene rings is 1. The molecule has 1 unspecified atom stereocenters. The number of nitrogens with one attached hydrogen (secondary N) is 1. The highest BCUT2D eigenvalue weighted by Crippen LogP contribution is 2.52. The van der Waals surface area contributed by atoms with Crippen LogP contribution in [0.1, 0.15) is 56.6 Å². The summed E-state index contributed by atoms with van der Waals surface area (Å²) in [6.45, 7) is 6.74. The highest BCUT2D eigenvalue weighted by molar-refractivity contribution is 6.30. The van der Waals surface area contributed by atoms with Crippen LogP contribution in [0.2, 0.25) is 5.02 Å². The third-order valence-corrected chi connectivity index (χ3v) is 7.38. The first-order valence-electron chi connectivity index (χ1n) is 12.1. The largest absolute Gasteiger partial charge is 0.440 e. The van der Waals surface area contributed by atoms with E-state index in [0.717, 1.165) is 42.0 Å². The molecule has 1 aliphatic heterocycles. The van der Waals surface area contributed by atoms with Crippen LogP contribution >= 0.6 is 11.6 Å². The third-order valence-electron chi connectivity index (χ3n) is 7.13. The molecule has 1 atom stereocenters. The van der Waals surface area contributed by atoms with Crippen LogP contribution in [0.15, 0.2) is 36.8 Å². The predicted molar refractivity (Wildman–Crippen MR) is 131 cm³/mol. The van der Waals surface area contributed by atoms with Crippen LogP contribution in [0.4, 0.5) is 16.7 Å². The molecule has 0 bridgehead atoms. The van der Waals surface area contributed by atoms with Gasteiger partial charge in [0.2, 0.25) is 11.9 Å². The Balaban J connectivity index is 1.24. The highest BCUT2D eigenvalue weighted by atomic mass is 35.5. The van der Waals surface area contributed by atoms with Crippen molar-refractivity contribution in [1.82, 2.24) is 24.5 Å². The van der Waals surface area contributed by atoms with Crippen molar-refractivity contribution in [3.8, 4) is 0 Å². The van der Waals surface area contributed by atoms with Gasteiger partial charge in [-0.05, 0) is 56.2 Å². The molecule has 35 heavy (non-hydrogen) atoms. The molecule has 1 saturated heterocycles. The molecular formula is C25H28ClN7O2. The Hall–Kier alpha value is -3.20. The van der Waals surface area contributed by atoms with E-state index in [1.54, 1.807) is 4.90 Å². The van der Waals surface area contributed by atoms with Crippen LogP contribution in [0.25, 0.3) is 0 Å². The standard InChI is InChI=1S/C25H28ClN7O2/c1-15(2)20-25(10-11-25)35-23(34)33(20)22-29-16(3)28-21(30-22)31-24(8-9-24)19-13-32(14-27-19)12-17-4-6-18(26)7-5-17/h4-7,13-15,20H,8-12H2,1-3H3,(H,28,29,30,31). The maximum absolute atomic E-state index is 12.8. The number of aromatic nitrogens is 5. The number of amides is 1. The van der Waals surface area contributed by atoms with Crippen molar-refractivity contribution < 1.29 is 9.53 Å². The number of ether oxygens (including phenoxy) is 1. The average molecular weight is 494 g/mol. The molecular weight excluding hydrogens is 466 g/mol. The topological polar surface area (TPSA) is 98.1 Å². The van der Waals surface area contributed by atoms with Crippen LogP contribution in [-0.4, -0.2) is 42.2 Å². The maximum Gasteiger partial charge on any atom is 0.417 e. The number of carbonyl (C=O) groups is 1. The highest BCUT2D eigenvalue weighted by Gasteiger charge is 2.63. The van der Waals surface area contributed by atoms with Gasteiger partial charge >= 0.3 is 6.09 Å². The van der Waals surface area contributed by atoms with E-state index in [4.69, 9.17) is 16.3 Å². The number of aryl methyl sites for hydroxylation is 1. The molecule has 6 rings (SSSR count). The fourth-order valence-electron chi connectivity index (χ4n) is 5.17. The monoisotopic (exact) mass is 493 g/mol. The van der Waals surface area contributed by atoms with Gasteiger partial charge in [0.05, 0.1) is 23.6 Å². The second kappa shape index (κ2) is 7.91. The first-order chi connectivity index (χ1) is 16.8. The minimum Gasteiger partial charge on any atom is -0.440 e. The summed E-state index contributed by atoms with van der Waals surface area (Å²) in [5, 5.41) is 4.22. The lowest BCUT2D eigenvalue weighted by Crippen LogP contribution is -2.43. The number of hydrogen-bond acceptors (Lipinski definition) is 7. The zero-order valence-electron chi connectivity index (χ0n) is 20.0. The minimum atomic E-state index is -0.395. The zero-order valence-corrected chi connectivity index (χ0v) is 20.8. The molecule has 2 aromatic heterocycles. The third kappa shape index (κ3) is 4.01. The fourth-order valence-corrected chi connectivity index (χ4v) is 5.30. The number of hydrogen-bond donors (Lipinski definition) is 1. The van der Waals surface area contributed by atoms with Gasteiger partial charge in [0.15, 0.2) is 0 Å². The van der Waals surface area contributed by atoms with Crippen LogP contribution in [0.3, 0.4) is 0 Å². The van der Waals surface area contributed by atoms with Crippen LogP contribution < -0.4 is 10.2 Å². The minimum absolute atomic E-state index is 0.0805. The van der Waals surface area contributed by atoms with E-state index in [1.807, 2.05) is 37.5 Å². The molecule has 3 fully saturated rings. The molecule has 182 valence electrons. The van der Waals surface area contributed by atoms with Crippen molar-refractivity contribution in [1.29, 1.82) is 0 Å². The van der Waals surface area contributed by atoms with Gasteiger partial charge in [-0.25, -0.2) is 14.7 Å². The molecule has 1 aromatic carbocycles. The first kappa shape index (κ1) is 22.3. The molecule has 1 N–H and O–H groups in total. The molecule has 1 spiro atoms. The molecule has 3 aliphatic rings. The van der Waals surface area contributed by atoms with Gasteiger partial charge in [-0.1, -0.05) is 37.6 Å². The van der Waals surface area contributed by atoms with E-state index >= 15 is 0 Å². The molecule has 1 amide bonds. The Morgan fingerprint density at radius 3 is 2.54 bits per heavy atom. The Morgan fingerprint density at radius 1 is 1.14 bits per heavy atom. The molecule has 3 heterocycles. The van der Waals surface area contributed by atoms with E-state index in [0.29, 0.717) is 24.3 Å². The summed E-state index contributed by atoms with van der Waals surface area (Å²) in [5.74, 6) is 1.56. The van der Waals surface area contributed by atoms with Gasteiger partial charge in [0.25, 0.3) is 0 Å². The molecule has 3 aromatic rings. The van der Waals surface area contributed by atoms with E-state index in [9.17, 15) is 4.79 Å². The summed E-state index contributed by atoms with van der Waals surface area (Å²) in [6.07, 6.45) is 7.15. The van der Waals surface area contributed by atoms with Gasteiger partial charge in [-0.15, -0.1) is 0 Å². The summed E-state index contributed by atoms with van der Waals surface area (Å²) in [6, 6.07) is 7.74. The fraction of sp³-hybridized carbons (Fsp3) is 0.480. The smallest absolute Gasteiger partial charge is 0.417 e. The first-order valence-corrected chi connectivity index (χ1v) is 12.4. The second-order valence-corrected chi connectivity index (χ2v) is 10.7. The van der Waals surface area contributed by atoms with E-state index < -0.39 is 5.60 Å². The Bertz CT molecular complexity index is 1280. The number of imidazole rings is 1. The quantitative estimate of drug-likeness (QED) is 0.509. The number of nitrogens with zero attached hydrogens (tertiary/aromatic N) is 6. The van der Waals surface area contributed by atoms with Crippen LogP contribution in [0.5, 0.6) is 0 Å². The molecule has 0 radical (unpaired) electrons. The summed E-state index contributed by atoms with van der Waals surface area (Å²) < 4.78 is 7.83. The zero-order chi connectivity index (χ0) is 24.4. The number of rotatable bonds is 7. The van der Waals surface area contributed by atoms with Gasteiger partial charge in [0.1, 0.15) is 11.4 Å². The van der Waals surface area contributed by atoms with Gasteiger partial charge in [0, 0.05) is 17.8 Å². The van der Waals surface area contributed by atoms with Gasteiger partial charge < -0.3 is 14.6 Å². The van der Waals surface area contributed by atoms with Gasteiger partial charge in [-0.3, -0.25) is 0 Å². The molecule has 2 aliphatic carbocycles. The average Bonchev–Trinajstić information content (AvgIpc) is 3.67. The van der Waals surface area contributed by atoms with Crippen LogP contribution in [-0.2, 0) is 16.8 Å². The van der Waals surface area contributed by atoms with Crippen LogP contribution in [0, 0.1) is 12.8 Å². The Morgan fingerprint density at radius 2 is 1.89 bits per heavy atom. The number of anilines is 2. The number of halogens is 1. The van der Waals surface area contributed by atoms with Crippen molar-refractivity contribution in [2.24, 2.45) is 5.92 Å². The lowest BCUT2D eigenvalue weighted by molar-refractivity contribution is 0.109. The summed E-state index contributed by atoms with van der Waals surface area (Å²) >= 11 is 6.00. The van der Waals surface area contributed by atoms with Gasteiger partial charge in [-0.2, -0.15) is 15.0 Å².